The first kappa shape index (κ1) is 10.3. The molecule has 1 aromatic carbocycles. The van der Waals surface area contributed by atoms with Gasteiger partial charge >= 0.3 is 5.43 Å². The molecule has 0 bridgehead atoms. The molecule has 1 aromatic rings. The van der Waals surface area contributed by atoms with Crippen molar-refractivity contribution in [3.63, 3.8) is 0 Å². The van der Waals surface area contributed by atoms with Crippen molar-refractivity contribution in [3.8, 4) is 11.5 Å². The number of benzene rings is 1. The van der Waals surface area contributed by atoms with E-state index in [1.807, 2.05) is 0 Å². The van der Waals surface area contributed by atoms with Gasteiger partial charge in [0, 0.05) is 16.1 Å². The molecule has 0 heterocycles. The molecule has 3 nitrogen and oxygen atoms in total. The summed E-state index contributed by atoms with van der Waals surface area (Å²) in [5.41, 5.74) is -0.888. The molecule has 0 radical (unpaired) electrons. The van der Waals surface area contributed by atoms with E-state index in [0.717, 1.165) is 4.47 Å². The van der Waals surface area contributed by atoms with E-state index in [4.69, 9.17) is 16.3 Å². The van der Waals surface area contributed by atoms with Crippen LogP contribution in [0, 0.1) is 0 Å². The largest absolute Gasteiger partial charge is 0.493 e. The average Bonchev–Trinajstić information content (AvgIpc) is 2.07. The molecule has 0 unspecified atom stereocenters. The minimum absolute atomic E-state index is 0.297. The normalized spacial score (nSPS) is 9.46. The van der Waals surface area contributed by atoms with Crippen LogP contribution in [0.4, 0.5) is 4.79 Å². The van der Waals surface area contributed by atoms with E-state index in [0.29, 0.717) is 11.5 Å². The lowest BCUT2D eigenvalue weighted by Crippen LogP contribution is -1.98. The molecule has 70 valence electrons. The second-order valence-corrected chi connectivity index (χ2v) is 3.36. The summed E-state index contributed by atoms with van der Waals surface area (Å²) in [6.45, 7) is 0. The predicted molar refractivity (Wildman–Crippen MR) is 52.6 cm³/mol. The van der Waals surface area contributed by atoms with E-state index in [2.05, 4.69) is 20.7 Å². The maximum atomic E-state index is 10.4. The van der Waals surface area contributed by atoms with Crippen LogP contribution in [-0.2, 0) is 0 Å². The van der Waals surface area contributed by atoms with E-state index in [-0.39, 0.29) is 0 Å². The zero-order valence-corrected chi connectivity index (χ0v) is 9.05. The maximum absolute atomic E-state index is 10.4. The quantitative estimate of drug-likeness (QED) is 0.770. The molecule has 13 heavy (non-hydrogen) atoms. The van der Waals surface area contributed by atoms with E-state index in [1.54, 1.807) is 18.2 Å². The summed E-state index contributed by atoms with van der Waals surface area (Å²) in [7, 11) is 1.48. The van der Waals surface area contributed by atoms with Gasteiger partial charge in [0.1, 0.15) is 0 Å². The first-order valence-corrected chi connectivity index (χ1v) is 4.51. The van der Waals surface area contributed by atoms with Crippen LogP contribution in [0.5, 0.6) is 11.5 Å². The Hall–Kier alpha value is -0.740. The SMILES string of the molecule is COc1cc(Br)ccc1OC(=O)Cl. The topological polar surface area (TPSA) is 35.5 Å². The highest BCUT2D eigenvalue weighted by Crippen LogP contribution is 2.30. The zero-order valence-electron chi connectivity index (χ0n) is 6.71. The van der Waals surface area contributed by atoms with Gasteiger partial charge in [-0.3, -0.25) is 0 Å². The molecule has 0 spiro atoms. The Kier molecular flexibility index (Phi) is 3.57. The Labute approximate surface area is 88.7 Å². The van der Waals surface area contributed by atoms with Crippen LogP contribution in [0.1, 0.15) is 0 Å². The first-order chi connectivity index (χ1) is 6.13. The molecular weight excluding hydrogens is 259 g/mol. The van der Waals surface area contributed by atoms with Gasteiger partial charge < -0.3 is 9.47 Å². The summed E-state index contributed by atoms with van der Waals surface area (Å²) in [5, 5.41) is 0. The molecule has 0 fully saturated rings. The number of ether oxygens (including phenoxy) is 2. The van der Waals surface area contributed by atoms with E-state index in [9.17, 15) is 4.79 Å². The van der Waals surface area contributed by atoms with Crippen molar-refractivity contribution in [2.24, 2.45) is 0 Å². The molecule has 0 saturated carbocycles. The third kappa shape index (κ3) is 2.90. The van der Waals surface area contributed by atoms with Gasteiger partial charge in [0.15, 0.2) is 11.5 Å². The van der Waals surface area contributed by atoms with E-state index >= 15 is 0 Å². The van der Waals surface area contributed by atoms with Gasteiger partial charge in [0.2, 0.25) is 0 Å². The molecule has 0 aromatic heterocycles. The molecule has 0 aliphatic rings. The van der Waals surface area contributed by atoms with Crippen LogP contribution in [0.3, 0.4) is 0 Å². The lowest BCUT2D eigenvalue weighted by Gasteiger charge is -2.06. The average molecular weight is 265 g/mol. The number of hydrogen-bond acceptors (Lipinski definition) is 3. The van der Waals surface area contributed by atoms with Crippen LogP contribution in [0.2, 0.25) is 0 Å². The van der Waals surface area contributed by atoms with Crippen molar-refractivity contribution in [1.29, 1.82) is 0 Å². The van der Waals surface area contributed by atoms with Crippen molar-refractivity contribution in [3.05, 3.63) is 22.7 Å². The van der Waals surface area contributed by atoms with Gasteiger partial charge in [0.25, 0.3) is 0 Å². The predicted octanol–water partition coefficient (Wildman–Crippen LogP) is 3.20. The van der Waals surface area contributed by atoms with Crippen molar-refractivity contribution >= 4 is 33.0 Å². The molecule has 1 rings (SSSR count). The zero-order chi connectivity index (χ0) is 9.84. The van der Waals surface area contributed by atoms with Crippen LogP contribution >= 0.6 is 27.5 Å². The fraction of sp³-hybridized carbons (Fsp3) is 0.125. The van der Waals surface area contributed by atoms with Crippen molar-refractivity contribution in [1.82, 2.24) is 0 Å². The number of hydrogen-bond donors (Lipinski definition) is 0. The third-order valence-corrected chi connectivity index (χ3v) is 1.89. The van der Waals surface area contributed by atoms with Crippen molar-refractivity contribution in [2.45, 2.75) is 0 Å². The molecule has 0 saturated heterocycles. The fourth-order valence-electron chi connectivity index (χ4n) is 0.812. The Balaban J connectivity index is 2.99. The minimum Gasteiger partial charge on any atom is -0.493 e. The summed E-state index contributed by atoms with van der Waals surface area (Å²) in [6, 6.07) is 4.98. The van der Waals surface area contributed by atoms with Crippen LogP contribution in [-0.4, -0.2) is 12.5 Å². The van der Waals surface area contributed by atoms with Gasteiger partial charge in [-0.25, -0.2) is 4.79 Å². The second-order valence-electron chi connectivity index (χ2n) is 2.13. The summed E-state index contributed by atoms with van der Waals surface area (Å²) in [4.78, 5) is 10.4. The Bertz CT molecular complexity index is 327. The lowest BCUT2D eigenvalue weighted by molar-refractivity contribution is 0.223. The summed E-state index contributed by atoms with van der Waals surface area (Å²) in [6.07, 6.45) is 0. The summed E-state index contributed by atoms with van der Waals surface area (Å²) >= 11 is 8.30. The molecule has 5 heteroatoms. The second kappa shape index (κ2) is 4.48. The van der Waals surface area contributed by atoms with Crippen molar-refractivity contribution < 1.29 is 14.3 Å². The molecule has 0 aliphatic heterocycles. The first-order valence-electron chi connectivity index (χ1n) is 3.34. The smallest absolute Gasteiger partial charge is 0.409 e. The number of methoxy groups -OCH3 is 1. The third-order valence-electron chi connectivity index (χ3n) is 1.32. The van der Waals surface area contributed by atoms with Crippen LogP contribution < -0.4 is 9.47 Å². The summed E-state index contributed by atoms with van der Waals surface area (Å²) < 4.78 is 10.5. The van der Waals surface area contributed by atoms with Gasteiger partial charge in [-0.1, -0.05) is 15.9 Å². The van der Waals surface area contributed by atoms with Crippen molar-refractivity contribution in [2.75, 3.05) is 7.11 Å². The van der Waals surface area contributed by atoms with Gasteiger partial charge in [-0.15, -0.1) is 0 Å². The maximum Gasteiger partial charge on any atom is 0.409 e. The van der Waals surface area contributed by atoms with Crippen LogP contribution in [0.15, 0.2) is 22.7 Å². The monoisotopic (exact) mass is 264 g/mol. The number of carbonyl (C=O) groups excluding carboxylic acids is 1. The number of carbonyl (C=O) groups is 1. The Morgan fingerprint density at radius 2 is 2.15 bits per heavy atom. The molecule has 0 amide bonds. The Morgan fingerprint density at radius 1 is 1.46 bits per heavy atom. The Morgan fingerprint density at radius 3 is 2.69 bits per heavy atom. The molecule has 0 atom stereocenters. The molecular formula is C8H6BrClO3. The van der Waals surface area contributed by atoms with E-state index < -0.39 is 5.43 Å². The van der Waals surface area contributed by atoms with Crippen LogP contribution in [0.25, 0.3) is 0 Å². The fourth-order valence-corrected chi connectivity index (χ4v) is 1.24. The standard InChI is InChI=1S/C8H6BrClO3/c1-12-7-4-5(9)2-3-6(7)13-8(10)11/h2-4H,1H3. The van der Waals surface area contributed by atoms with Gasteiger partial charge in [-0.2, -0.15) is 0 Å². The highest BCUT2D eigenvalue weighted by Gasteiger charge is 2.07. The molecule has 0 N–H and O–H groups in total. The number of rotatable bonds is 2. The lowest BCUT2D eigenvalue weighted by atomic mass is 10.3. The minimum atomic E-state index is -0.888. The highest BCUT2D eigenvalue weighted by atomic mass is 79.9. The van der Waals surface area contributed by atoms with Gasteiger partial charge in [0.05, 0.1) is 7.11 Å². The molecule has 0 aliphatic carbocycles. The highest BCUT2D eigenvalue weighted by molar-refractivity contribution is 9.10. The van der Waals surface area contributed by atoms with E-state index in [1.165, 1.54) is 7.11 Å². The van der Waals surface area contributed by atoms with Gasteiger partial charge in [-0.05, 0) is 18.2 Å². The number of halogens is 2. The summed E-state index contributed by atoms with van der Waals surface area (Å²) in [5.74, 6) is 0.745.